The zero-order valence-corrected chi connectivity index (χ0v) is 16.1. The summed E-state index contributed by atoms with van der Waals surface area (Å²) in [5, 5.41) is 3.25. The van der Waals surface area contributed by atoms with Crippen LogP contribution < -0.4 is 10.1 Å². The van der Waals surface area contributed by atoms with Crippen LogP contribution in [0.25, 0.3) is 0 Å². The average Bonchev–Trinajstić information content (AvgIpc) is 3.11. The number of ether oxygens (including phenoxy) is 2. The van der Waals surface area contributed by atoms with Crippen molar-refractivity contribution in [3.05, 3.63) is 71.0 Å². The quantitative estimate of drug-likeness (QED) is 0.602. The van der Waals surface area contributed by atoms with Gasteiger partial charge in [0, 0.05) is 37.2 Å². The molecule has 1 N–H and O–H groups in total. The van der Waals surface area contributed by atoms with Crippen LogP contribution >= 0.6 is 11.5 Å². The Hall–Kier alpha value is -2.77. The predicted octanol–water partition coefficient (Wildman–Crippen LogP) is 3.61. The van der Waals surface area contributed by atoms with Crippen LogP contribution in [-0.4, -0.2) is 35.5 Å². The van der Waals surface area contributed by atoms with Gasteiger partial charge in [-0.2, -0.15) is 9.36 Å². The largest absolute Gasteiger partial charge is 0.430 e. The van der Waals surface area contributed by atoms with Gasteiger partial charge in [0.25, 0.3) is 11.1 Å². The van der Waals surface area contributed by atoms with Crippen molar-refractivity contribution in [2.75, 3.05) is 20.3 Å². The first-order valence-corrected chi connectivity index (χ1v) is 9.34. The lowest BCUT2D eigenvalue weighted by molar-refractivity contribution is 0.0937. The molecular formula is C20H21N3O3S. The summed E-state index contributed by atoms with van der Waals surface area (Å²) in [5.74, 6) is 1.20. The number of carbonyl (C=O) groups excluding carboxylic acids is 1. The fourth-order valence-electron chi connectivity index (χ4n) is 2.38. The summed E-state index contributed by atoms with van der Waals surface area (Å²) in [7, 11) is 1.60. The second-order valence-corrected chi connectivity index (χ2v) is 6.73. The number of hydrogen-bond donors (Lipinski definition) is 1. The van der Waals surface area contributed by atoms with Crippen molar-refractivity contribution >= 4 is 17.4 Å². The van der Waals surface area contributed by atoms with E-state index >= 15 is 0 Å². The van der Waals surface area contributed by atoms with Gasteiger partial charge in [-0.3, -0.25) is 4.79 Å². The lowest BCUT2D eigenvalue weighted by atomic mass is 10.1. The van der Waals surface area contributed by atoms with Gasteiger partial charge in [0.05, 0.1) is 6.61 Å². The standard InChI is InChI=1S/C20H21N3O3S/c1-14-3-5-15(6-4-14)13-18-22-20(27-23-18)26-17-9-7-16(8-10-17)19(24)21-11-12-25-2/h3-10H,11-13H2,1-2H3,(H,21,24). The van der Waals surface area contributed by atoms with Crippen LogP contribution in [0.3, 0.4) is 0 Å². The molecule has 0 aliphatic heterocycles. The molecule has 6 nitrogen and oxygen atoms in total. The first-order chi connectivity index (χ1) is 13.1. The summed E-state index contributed by atoms with van der Waals surface area (Å²) in [6.07, 6.45) is 0.667. The van der Waals surface area contributed by atoms with Crippen LogP contribution in [0.5, 0.6) is 10.9 Å². The van der Waals surface area contributed by atoms with E-state index in [-0.39, 0.29) is 5.91 Å². The van der Waals surface area contributed by atoms with E-state index in [1.54, 1.807) is 31.4 Å². The highest BCUT2D eigenvalue weighted by Gasteiger charge is 2.09. The lowest BCUT2D eigenvalue weighted by Crippen LogP contribution is -2.26. The number of aryl methyl sites for hydroxylation is 1. The molecule has 1 amide bonds. The molecule has 7 heteroatoms. The molecule has 0 aliphatic rings. The molecule has 1 aromatic heterocycles. The van der Waals surface area contributed by atoms with Crippen LogP contribution in [-0.2, 0) is 11.2 Å². The molecule has 0 bridgehead atoms. The minimum atomic E-state index is -0.144. The maximum absolute atomic E-state index is 12.0. The molecule has 0 atom stereocenters. The first kappa shape index (κ1) is 19.0. The fraction of sp³-hybridized carbons (Fsp3) is 0.250. The SMILES string of the molecule is COCCNC(=O)c1ccc(Oc2nc(Cc3ccc(C)cc3)ns2)cc1. The number of aromatic nitrogens is 2. The van der Waals surface area contributed by atoms with E-state index in [1.165, 1.54) is 17.1 Å². The minimum Gasteiger partial charge on any atom is -0.430 e. The van der Waals surface area contributed by atoms with Crippen LogP contribution in [0.2, 0.25) is 0 Å². The number of rotatable bonds is 8. The van der Waals surface area contributed by atoms with E-state index < -0.39 is 0 Å². The first-order valence-electron chi connectivity index (χ1n) is 8.57. The molecule has 0 fully saturated rings. The molecular weight excluding hydrogens is 362 g/mol. The molecule has 1 heterocycles. The van der Waals surface area contributed by atoms with Gasteiger partial charge >= 0.3 is 0 Å². The molecule has 0 saturated heterocycles. The zero-order valence-electron chi connectivity index (χ0n) is 15.3. The van der Waals surface area contributed by atoms with Crippen LogP contribution in [0, 0.1) is 6.92 Å². The summed E-state index contributed by atoms with van der Waals surface area (Å²) in [6, 6.07) is 15.2. The van der Waals surface area contributed by atoms with E-state index in [2.05, 4.69) is 45.9 Å². The summed E-state index contributed by atoms with van der Waals surface area (Å²) in [4.78, 5) is 16.4. The van der Waals surface area contributed by atoms with E-state index in [9.17, 15) is 4.79 Å². The molecule has 0 spiro atoms. The molecule has 140 valence electrons. The van der Waals surface area contributed by atoms with Gasteiger partial charge in [-0.1, -0.05) is 29.8 Å². The molecule has 0 saturated carbocycles. The van der Waals surface area contributed by atoms with Gasteiger partial charge in [-0.05, 0) is 36.8 Å². The van der Waals surface area contributed by atoms with Crippen molar-refractivity contribution in [3.8, 4) is 10.9 Å². The van der Waals surface area contributed by atoms with Crippen LogP contribution in [0.15, 0.2) is 48.5 Å². The minimum absolute atomic E-state index is 0.144. The van der Waals surface area contributed by atoms with Crippen molar-refractivity contribution in [3.63, 3.8) is 0 Å². The second kappa shape index (κ2) is 9.25. The molecule has 3 aromatic rings. The summed E-state index contributed by atoms with van der Waals surface area (Å²) >= 11 is 1.21. The lowest BCUT2D eigenvalue weighted by Gasteiger charge is -2.05. The maximum Gasteiger partial charge on any atom is 0.298 e. The Bertz CT molecular complexity index is 876. The third-order valence-corrected chi connectivity index (χ3v) is 4.48. The van der Waals surface area contributed by atoms with Gasteiger partial charge in [0.15, 0.2) is 5.82 Å². The van der Waals surface area contributed by atoms with E-state index in [0.29, 0.717) is 36.1 Å². The molecule has 2 aromatic carbocycles. The highest BCUT2D eigenvalue weighted by atomic mass is 32.1. The Morgan fingerprint density at radius 2 is 1.85 bits per heavy atom. The second-order valence-electron chi connectivity index (χ2n) is 6.01. The third-order valence-electron chi connectivity index (χ3n) is 3.85. The number of nitrogens with one attached hydrogen (secondary N) is 1. The topological polar surface area (TPSA) is 73.3 Å². The maximum atomic E-state index is 12.0. The highest BCUT2D eigenvalue weighted by molar-refractivity contribution is 7.07. The molecule has 27 heavy (non-hydrogen) atoms. The van der Waals surface area contributed by atoms with Crippen molar-refractivity contribution in [1.82, 2.24) is 14.7 Å². The molecule has 3 rings (SSSR count). The molecule has 0 radical (unpaired) electrons. The van der Waals surface area contributed by atoms with Gasteiger partial charge in [0.2, 0.25) is 0 Å². The van der Waals surface area contributed by atoms with Gasteiger partial charge in [-0.25, -0.2) is 0 Å². The Labute approximate surface area is 162 Å². The van der Waals surface area contributed by atoms with E-state index in [1.807, 2.05) is 0 Å². The monoisotopic (exact) mass is 383 g/mol. The normalized spacial score (nSPS) is 10.6. The summed E-state index contributed by atoms with van der Waals surface area (Å²) < 4.78 is 15.0. The predicted molar refractivity (Wildman–Crippen MR) is 105 cm³/mol. The number of methoxy groups -OCH3 is 1. The van der Waals surface area contributed by atoms with Crippen molar-refractivity contribution in [2.45, 2.75) is 13.3 Å². The van der Waals surface area contributed by atoms with Gasteiger partial charge in [0.1, 0.15) is 5.75 Å². The Kier molecular flexibility index (Phi) is 6.51. The van der Waals surface area contributed by atoms with E-state index in [4.69, 9.17) is 9.47 Å². The Balaban J connectivity index is 1.57. The van der Waals surface area contributed by atoms with Gasteiger partial charge < -0.3 is 14.8 Å². The number of carbonyl (C=O) groups is 1. The van der Waals surface area contributed by atoms with Crippen molar-refractivity contribution in [1.29, 1.82) is 0 Å². The zero-order chi connectivity index (χ0) is 19.1. The average molecular weight is 383 g/mol. The van der Waals surface area contributed by atoms with Crippen molar-refractivity contribution < 1.29 is 14.3 Å². The smallest absolute Gasteiger partial charge is 0.298 e. The third kappa shape index (κ3) is 5.60. The number of benzene rings is 2. The number of amides is 1. The summed E-state index contributed by atoms with van der Waals surface area (Å²) in [5.41, 5.74) is 2.95. The van der Waals surface area contributed by atoms with E-state index in [0.717, 1.165) is 11.4 Å². The summed E-state index contributed by atoms with van der Waals surface area (Å²) in [6.45, 7) is 3.02. The van der Waals surface area contributed by atoms with Crippen molar-refractivity contribution in [2.24, 2.45) is 0 Å². The molecule has 0 unspecified atom stereocenters. The van der Waals surface area contributed by atoms with Crippen LogP contribution in [0.1, 0.15) is 27.3 Å². The Morgan fingerprint density at radius 3 is 2.56 bits per heavy atom. The fourth-order valence-corrected chi connectivity index (χ4v) is 2.95. The van der Waals surface area contributed by atoms with Crippen LogP contribution in [0.4, 0.5) is 0 Å². The number of nitrogens with zero attached hydrogens (tertiary/aromatic N) is 2. The van der Waals surface area contributed by atoms with Gasteiger partial charge in [-0.15, -0.1) is 0 Å². The molecule has 0 aliphatic carbocycles. The highest BCUT2D eigenvalue weighted by Crippen LogP contribution is 2.24. The Morgan fingerprint density at radius 1 is 1.11 bits per heavy atom. The number of hydrogen-bond acceptors (Lipinski definition) is 6.